The first kappa shape index (κ1) is 23.6. The van der Waals surface area contributed by atoms with Crippen LogP contribution in [0.3, 0.4) is 0 Å². The third-order valence-electron chi connectivity index (χ3n) is 5.96. The Morgan fingerprint density at radius 1 is 0.919 bits per heavy atom. The monoisotopic (exact) mass is 488 g/mol. The van der Waals surface area contributed by atoms with Crippen LogP contribution in [0.1, 0.15) is 38.4 Å². The van der Waals surface area contributed by atoms with Crippen molar-refractivity contribution in [3.05, 3.63) is 94.4 Å². The SMILES string of the molecule is Cc1cc(C)nc(Nc2ccc(C(=O)Nc3c(C#N)cnn3-c3cc(C)c4cccc(C)c4n3)cc2)n1. The Morgan fingerprint density at radius 2 is 1.65 bits per heavy atom. The van der Waals surface area contributed by atoms with Crippen LogP contribution in [0.25, 0.3) is 16.7 Å². The number of nitriles is 1. The van der Waals surface area contributed by atoms with E-state index in [1.165, 1.54) is 10.9 Å². The summed E-state index contributed by atoms with van der Waals surface area (Å²) in [5, 5.41) is 21.0. The van der Waals surface area contributed by atoms with Crippen LogP contribution in [0, 0.1) is 39.0 Å². The number of nitrogens with one attached hydrogen (secondary N) is 2. The molecule has 0 saturated heterocycles. The molecule has 1 amide bonds. The second-order valence-electron chi connectivity index (χ2n) is 8.83. The van der Waals surface area contributed by atoms with E-state index in [2.05, 4.69) is 31.8 Å². The molecule has 0 unspecified atom stereocenters. The van der Waals surface area contributed by atoms with Gasteiger partial charge in [0.1, 0.15) is 11.6 Å². The Labute approximate surface area is 213 Å². The fourth-order valence-corrected chi connectivity index (χ4v) is 4.17. The number of nitrogens with zero attached hydrogens (tertiary/aromatic N) is 6. The molecule has 0 fully saturated rings. The van der Waals surface area contributed by atoms with E-state index in [4.69, 9.17) is 4.98 Å². The first-order valence-electron chi connectivity index (χ1n) is 11.7. The summed E-state index contributed by atoms with van der Waals surface area (Å²) in [4.78, 5) is 26.7. The summed E-state index contributed by atoms with van der Waals surface area (Å²) in [6.07, 6.45) is 1.42. The van der Waals surface area contributed by atoms with E-state index < -0.39 is 0 Å². The van der Waals surface area contributed by atoms with Crippen molar-refractivity contribution in [2.24, 2.45) is 0 Å². The second-order valence-corrected chi connectivity index (χ2v) is 8.83. The molecule has 3 heterocycles. The summed E-state index contributed by atoms with van der Waals surface area (Å²) < 4.78 is 1.49. The van der Waals surface area contributed by atoms with Crippen LogP contribution in [-0.2, 0) is 0 Å². The zero-order valence-corrected chi connectivity index (χ0v) is 20.9. The van der Waals surface area contributed by atoms with Gasteiger partial charge in [0.15, 0.2) is 11.6 Å². The van der Waals surface area contributed by atoms with Gasteiger partial charge in [0.2, 0.25) is 5.95 Å². The maximum Gasteiger partial charge on any atom is 0.256 e. The number of hydrogen-bond donors (Lipinski definition) is 2. The highest BCUT2D eigenvalue weighted by atomic mass is 16.1. The van der Waals surface area contributed by atoms with Crippen molar-refractivity contribution in [3.63, 3.8) is 0 Å². The Bertz CT molecular complexity index is 1680. The van der Waals surface area contributed by atoms with Crippen molar-refractivity contribution in [2.45, 2.75) is 27.7 Å². The zero-order chi connectivity index (χ0) is 26.1. The third kappa shape index (κ3) is 4.73. The van der Waals surface area contributed by atoms with E-state index in [1.54, 1.807) is 24.3 Å². The molecule has 0 aliphatic rings. The quantitative estimate of drug-likeness (QED) is 0.344. The molecule has 5 rings (SSSR count). The van der Waals surface area contributed by atoms with Crippen molar-refractivity contribution in [3.8, 4) is 11.9 Å². The standard InChI is InChI=1S/C28H24N8O/c1-16-6-5-7-23-17(2)12-24(34-25(16)23)36-26(21(14-29)15-30-36)35-27(37)20-8-10-22(11-9-20)33-28-31-18(3)13-19(4)32-28/h5-13,15H,1-4H3,(H,35,37)(H,31,32,33). The molecule has 9 nitrogen and oxygen atoms in total. The summed E-state index contributed by atoms with van der Waals surface area (Å²) in [6.45, 7) is 7.81. The van der Waals surface area contributed by atoms with E-state index in [0.717, 1.165) is 39.1 Å². The van der Waals surface area contributed by atoms with Crippen LogP contribution < -0.4 is 10.6 Å². The normalized spacial score (nSPS) is 10.8. The van der Waals surface area contributed by atoms with Gasteiger partial charge in [-0.3, -0.25) is 4.79 Å². The third-order valence-corrected chi connectivity index (χ3v) is 5.96. The van der Waals surface area contributed by atoms with Crippen LogP contribution in [0.5, 0.6) is 0 Å². The Kier molecular flexibility index (Phi) is 6.07. The number of anilines is 3. The molecule has 0 radical (unpaired) electrons. The molecule has 5 aromatic rings. The largest absolute Gasteiger partial charge is 0.324 e. The van der Waals surface area contributed by atoms with Crippen molar-refractivity contribution in [1.82, 2.24) is 24.7 Å². The number of hydrogen-bond acceptors (Lipinski definition) is 7. The minimum Gasteiger partial charge on any atom is -0.324 e. The summed E-state index contributed by atoms with van der Waals surface area (Å²) in [5.41, 5.74) is 6.02. The molecule has 0 spiro atoms. The van der Waals surface area contributed by atoms with Crippen LogP contribution in [0.15, 0.2) is 60.8 Å². The van der Waals surface area contributed by atoms with Crippen molar-refractivity contribution in [1.29, 1.82) is 5.26 Å². The fourth-order valence-electron chi connectivity index (χ4n) is 4.17. The number of amides is 1. The van der Waals surface area contributed by atoms with Crippen LogP contribution >= 0.6 is 0 Å². The number of pyridine rings is 1. The van der Waals surface area contributed by atoms with Crippen LogP contribution in [0.2, 0.25) is 0 Å². The molecule has 2 N–H and O–H groups in total. The number of fused-ring (bicyclic) bond motifs is 1. The maximum atomic E-state index is 13.1. The molecule has 0 saturated carbocycles. The van der Waals surface area contributed by atoms with E-state index in [0.29, 0.717) is 17.3 Å². The van der Waals surface area contributed by atoms with Gasteiger partial charge in [0, 0.05) is 28.0 Å². The molecule has 0 bridgehead atoms. The van der Waals surface area contributed by atoms with Gasteiger partial charge in [0.05, 0.1) is 11.7 Å². The van der Waals surface area contributed by atoms with Crippen molar-refractivity contribution < 1.29 is 4.79 Å². The topological polar surface area (TPSA) is 121 Å². The first-order chi connectivity index (χ1) is 17.8. The van der Waals surface area contributed by atoms with Crippen molar-refractivity contribution >= 4 is 34.3 Å². The van der Waals surface area contributed by atoms with Gasteiger partial charge in [-0.15, -0.1) is 0 Å². The van der Waals surface area contributed by atoms with Crippen LogP contribution in [-0.4, -0.2) is 30.6 Å². The summed E-state index contributed by atoms with van der Waals surface area (Å²) in [7, 11) is 0. The average molecular weight is 489 g/mol. The first-order valence-corrected chi connectivity index (χ1v) is 11.7. The Balaban J connectivity index is 1.42. The fraction of sp³-hybridized carbons (Fsp3) is 0.143. The molecular weight excluding hydrogens is 464 g/mol. The summed E-state index contributed by atoms with van der Waals surface area (Å²) >= 11 is 0. The predicted octanol–water partition coefficient (Wildman–Crippen LogP) is 5.31. The molecule has 3 aromatic heterocycles. The van der Waals surface area contributed by atoms with E-state index in [9.17, 15) is 10.1 Å². The highest BCUT2D eigenvalue weighted by molar-refractivity contribution is 6.04. The lowest BCUT2D eigenvalue weighted by atomic mass is 10.1. The van der Waals surface area contributed by atoms with Gasteiger partial charge in [0.25, 0.3) is 5.91 Å². The highest BCUT2D eigenvalue weighted by Gasteiger charge is 2.18. The van der Waals surface area contributed by atoms with Gasteiger partial charge in [-0.05, 0) is 75.2 Å². The summed E-state index contributed by atoms with van der Waals surface area (Å²) in [5.74, 6) is 0.897. The number of benzene rings is 2. The average Bonchev–Trinajstić information content (AvgIpc) is 3.27. The number of aromatic nitrogens is 5. The molecular formula is C28H24N8O. The number of aryl methyl sites for hydroxylation is 4. The van der Waals surface area contributed by atoms with Gasteiger partial charge in [-0.25, -0.2) is 15.0 Å². The lowest BCUT2D eigenvalue weighted by Crippen LogP contribution is -2.16. The van der Waals surface area contributed by atoms with Gasteiger partial charge in [-0.2, -0.15) is 15.0 Å². The molecule has 2 aromatic carbocycles. The van der Waals surface area contributed by atoms with Gasteiger partial charge >= 0.3 is 0 Å². The molecule has 0 aliphatic carbocycles. The molecule has 9 heteroatoms. The lowest BCUT2D eigenvalue weighted by molar-refractivity contribution is 0.102. The number of carbonyl (C=O) groups excluding carboxylic acids is 1. The predicted molar refractivity (Wildman–Crippen MR) is 142 cm³/mol. The zero-order valence-electron chi connectivity index (χ0n) is 20.9. The van der Waals surface area contributed by atoms with E-state index in [-0.39, 0.29) is 17.3 Å². The van der Waals surface area contributed by atoms with Crippen LogP contribution in [0.4, 0.5) is 17.5 Å². The molecule has 182 valence electrons. The number of para-hydroxylation sites is 1. The second kappa shape index (κ2) is 9.51. The number of carbonyl (C=O) groups is 1. The van der Waals surface area contributed by atoms with Gasteiger partial charge < -0.3 is 10.6 Å². The van der Waals surface area contributed by atoms with Crippen molar-refractivity contribution in [2.75, 3.05) is 10.6 Å². The summed E-state index contributed by atoms with van der Waals surface area (Å²) in [6, 6.07) is 18.8. The minimum atomic E-state index is -0.374. The Morgan fingerprint density at radius 3 is 2.35 bits per heavy atom. The highest BCUT2D eigenvalue weighted by Crippen LogP contribution is 2.26. The Hall–Kier alpha value is -5.10. The number of rotatable bonds is 5. The molecule has 0 aliphatic heterocycles. The van der Waals surface area contributed by atoms with E-state index >= 15 is 0 Å². The van der Waals surface area contributed by atoms with E-state index in [1.807, 2.05) is 58.0 Å². The minimum absolute atomic E-state index is 0.239. The maximum absolute atomic E-state index is 13.1. The molecule has 0 atom stereocenters. The van der Waals surface area contributed by atoms with Gasteiger partial charge in [-0.1, -0.05) is 18.2 Å². The lowest BCUT2D eigenvalue weighted by Gasteiger charge is -2.12. The smallest absolute Gasteiger partial charge is 0.256 e. The molecule has 37 heavy (non-hydrogen) atoms.